The lowest BCUT2D eigenvalue weighted by atomic mass is 9.95. The average molecular weight is 303 g/mol. The monoisotopic (exact) mass is 303 g/mol. The molecule has 3 aromatic carbocycles. The van der Waals surface area contributed by atoms with Crippen molar-refractivity contribution in [3.8, 4) is 0 Å². The van der Waals surface area contributed by atoms with E-state index in [9.17, 15) is 5.11 Å². The zero-order chi connectivity index (χ0) is 15.7. The molecule has 3 aromatic rings. The van der Waals surface area contributed by atoms with Gasteiger partial charge < -0.3 is 10.0 Å². The molecule has 1 aliphatic heterocycles. The molecule has 1 N–H and O–H groups in total. The third-order valence-electron chi connectivity index (χ3n) is 4.88. The average Bonchev–Trinajstić information content (AvgIpc) is 2.97. The van der Waals surface area contributed by atoms with Crippen molar-refractivity contribution >= 4 is 16.5 Å². The van der Waals surface area contributed by atoms with E-state index in [1.54, 1.807) is 0 Å². The van der Waals surface area contributed by atoms with E-state index >= 15 is 0 Å². The van der Waals surface area contributed by atoms with Gasteiger partial charge in [-0.25, -0.2) is 0 Å². The fourth-order valence-corrected chi connectivity index (χ4v) is 3.78. The first-order chi connectivity index (χ1) is 11.3. The minimum Gasteiger partial charge on any atom is -0.371 e. The van der Waals surface area contributed by atoms with Crippen LogP contribution in [0.4, 0.5) is 5.69 Å². The van der Waals surface area contributed by atoms with Crippen molar-refractivity contribution in [1.82, 2.24) is 0 Å². The minimum absolute atomic E-state index is 0.656. The van der Waals surface area contributed by atoms with E-state index < -0.39 is 5.72 Å². The van der Waals surface area contributed by atoms with Gasteiger partial charge in [0, 0.05) is 18.7 Å². The summed E-state index contributed by atoms with van der Waals surface area (Å²) in [6, 6.07) is 25.0. The molecule has 23 heavy (non-hydrogen) atoms. The van der Waals surface area contributed by atoms with Gasteiger partial charge in [0.1, 0.15) is 5.72 Å². The highest BCUT2D eigenvalue weighted by Crippen LogP contribution is 2.36. The third kappa shape index (κ3) is 2.60. The Hall–Kier alpha value is -2.32. The van der Waals surface area contributed by atoms with Crippen LogP contribution in [0.1, 0.15) is 18.4 Å². The van der Waals surface area contributed by atoms with Gasteiger partial charge in [0.15, 0.2) is 0 Å². The number of para-hydroxylation sites is 1. The number of anilines is 1. The van der Waals surface area contributed by atoms with Crippen LogP contribution in [-0.4, -0.2) is 17.4 Å². The molecule has 2 nitrogen and oxygen atoms in total. The highest BCUT2D eigenvalue weighted by atomic mass is 16.3. The first-order valence-electron chi connectivity index (χ1n) is 8.28. The zero-order valence-electron chi connectivity index (χ0n) is 13.2. The molecule has 0 bridgehead atoms. The number of rotatable bonds is 3. The summed E-state index contributed by atoms with van der Waals surface area (Å²) in [6.07, 6.45) is 2.49. The summed E-state index contributed by atoms with van der Waals surface area (Å²) in [5, 5.41) is 13.8. The topological polar surface area (TPSA) is 23.5 Å². The van der Waals surface area contributed by atoms with Crippen molar-refractivity contribution in [2.75, 3.05) is 11.4 Å². The predicted octanol–water partition coefficient (Wildman–Crippen LogP) is 4.37. The highest BCUT2D eigenvalue weighted by molar-refractivity contribution is 5.85. The molecule has 0 radical (unpaired) electrons. The molecule has 4 rings (SSSR count). The fraction of sp³-hybridized carbons (Fsp3) is 0.238. The van der Waals surface area contributed by atoms with Crippen LogP contribution in [0, 0.1) is 0 Å². The van der Waals surface area contributed by atoms with Crippen LogP contribution < -0.4 is 4.90 Å². The van der Waals surface area contributed by atoms with Gasteiger partial charge in [0.25, 0.3) is 0 Å². The van der Waals surface area contributed by atoms with Gasteiger partial charge in [0.2, 0.25) is 0 Å². The summed E-state index contributed by atoms with van der Waals surface area (Å²) in [4.78, 5) is 2.16. The maximum Gasteiger partial charge on any atom is 0.142 e. The molecule has 0 saturated carbocycles. The van der Waals surface area contributed by atoms with Gasteiger partial charge >= 0.3 is 0 Å². The normalized spacial score (nSPS) is 21.0. The molecular weight excluding hydrogens is 282 g/mol. The first kappa shape index (κ1) is 14.3. The van der Waals surface area contributed by atoms with Crippen molar-refractivity contribution in [3.05, 3.63) is 78.4 Å². The molecule has 0 spiro atoms. The van der Waals surface area contributed by atoms with Crippen LogP contribution in [0.5, 0.6) is 0 Å². The lowest BCUT2D eigenvalue weighted by molar-refractivity contribution is 0.0518. The maximum atomic E-state index is 11.3. The standard InChI is InChI=1S/C21H21NO/c23-21(14-7-15-22(21)19-11-2-1-3-12-19)16-18-10-6-9-17-8-4-5-13-20(17)18/h1-6,8-13,23H,7,14-16H2. The van der Waals surface area contributed by atoms with Crippen molar-refractivity contribution in [3.63, 3.8) is 0 Å². The molecule has 1 heterocycles. The minimum atomic E-state index is -0.800. The van der Waals surface area contributed by atoms with Crippen LogP contribution in [-0.2, 0) is 6.42 Å². The zero-order valence-corrected chi connectivity index (χ0v) is 13.2. The third-order valence-corrected chi connectivity index (χ3v) is 4.88. The molecule has 1 fully saturated rings. The number of aliphatic hydroxyl groups is 1. The molecule has 1 atom stereocenters. The highest BCUT2D eigenvalue weighted by Gasteiger charge is 2.39. The Morgan fingerprint density at radius 1 is 0.870 bits per heavy atom. The fourth-order valence-electron chi connectivity index (χ4n) is 3.78. The molecule has 2 heteroatoms. The van der Waals surface area contributed by atoms with Gasteiger partial charge in [-0.15, -0.1) is 0 Å². The van der Waals surface area contributed by atoms with Gasteiger partial charge in [0.05, 0.1) is 0 Å². The molecule has 1 saturated heterocycles. The smallest absolute Gasteiger partial charge is 0.142 e. The van der Waals surface area contributed by atoms with Crippen LogP contribution in [0.25, 0.3) is 10.8 Å². The van der Waals surface area contributed by atoms with E-state index in [-0.39, 0.29) is 0 Å². The van der Waals surface area contributed by atoms with E-state index in [1.165, 1.54) is 16.3 Å². The molecule has 116 valence electrons. The lowest BCUT2D eigenvalue weighted by Gasteiger charge is -2.36. The van der Waals surface area contributed by atoms with E-state index in [4.69, 9.17) is 0 Å². The summed E-state index contributed by atoms with van der Waals surface area (Å²) in [7, 11) is 0. The van der Waals surface area contributed by atoms with Gasteiger partial charge in [-0.2, -0.15) is 0 Å². The van der Waals surface area contributed by atoms with E-state index in [1.807, 2.05) is 18.2 Å². The van der Waals surface area contributed by atoms with Crippen molar-refractivity contribution < 1.29 is 5.11 Å². The Morgan fingerprint density at radius 2 is 1.61 bits per heavy atom. The van der Waals surface area contributed by atoms with Crippen LogP contribution in [0.2, 0.25) is 0 Å². The van der Waals surface area contributed by atoms with Crippen molar-refractivity contribution in [2.24, 2.45) is 0 Å². The quantitative estimate of drug-likeness (QED) is 0.776. The Labute approximate surface area is 137 Å². The van der Waals surface area contributed by atoms with Crippen molar-refractivity contribution in [1.29, 1.82) is 0 Å². The number of hydrogen-bond acceptors (Lipinski definition) is 2. The largest absolute Gasteiger partial charge is 0.371 e. The van der Waals surface area contributed by atoms with Crippen LogP contribution >= 0.6 is 0 Å². The number of benzene rings is 3. The second-order valence-corrected chi connectivity index (χ2v) is 6.39. The van der Waals surface area contributed by atoms with Gasteiger partial charge in [-0.1, -0.05) is 60.7 Å². The first-order valence-corrected chi connectivity index (χ1v) is 8.28. The summed E-state index contributed by atoms with van der Waals surface area (Å²) < 4.78 is 0. The summed E-state index contributed by atoms with van der Waals surface area (Å²) >= 11 is 0. The maximum absolute atomic E-state index is 11.3. The molecule has 1 unspecified atom stereocenters. The summed E-state index contributed by atoms with van der Waals surface area (Å²) in [5.41, 5.74) is 1.52. The summed E-state index contributed by atoms with van der Waals surface area (Å²) in [5.74, 6) is 0. The Morgan fingerprint density at radius 3 is 2.48 bits per heavy atom. The molecule has 0 aromatic heterocycles. The number of hydrogen-bond donors (Lipinski definition) is 1. The number of nitrogens with zero attached hydrogens (tertiary/aromatic N) is 1. The molecule has 1 aliphatic rings. The van der Waals surface area contributed by atoms with E-state index in [0.29, 0.717) is 6.42 Å². The SMILES string of the molecule is OC1(Cc2cccc3ccccc23)CCCN1c1ccccc1. The Bertz CT molecular complexity index is 809. The van der Waals surface area contributed by atoms with Gasteiger partial charge in [-0.3, -0.25) is 0 Å². The number of fused-ring (bicyclic) bond motifs is 1. The van der Waals surface area contributed by atoms with E-state index in [2.05, 4.69) is 59.5 Å². The van der Waals surface area contributed by atoms with Crippen LogP contribution in [0.15, 0.2) is 72.8 Å². The molecular formula is C21H21NO. The second kappa shape index (κ2) is 5.71. The van der Waals surface area contributed by atoms with E-state index in [0.717, 1.165) is 25.1 Å². The summed E-state index contributed by atoms with van der Waals surface area (Å²) in [6.45, 7) is 0.908. The Kier molecular flexibility index (Phi) is 3.55. The second-order valence-electron chi connectivity index (χ2n) is 6.39. The predicted molar refractivity (Wildman–Crippen MR) is 95.6 cm³/mol. The van der Waals surface area contributed by atoms with Crippen LogP contribution in [0.3, 0.4) is 0 Å². The van der Waals surface area contributed by atoms with Crippen molar-refractivity contribution in [2.45, 2.75) is 25.0 Å². The molecule has 0 aliphatic carbocycles. The lowest BCUT2D eigenvalue weighted by Crippen LogP contribution is -2.45. The molecule has 0 amide bonds. The Balaban J connectivity index is 1.71. The van der Waals surface area contributed by atoms with Gasteiger partial charge in [-0.05, 0) is 41.3 Å².